The number of rotatable bonds is 7. The molecule has 1 aromatic rings. The molecule has 0 aliphatic heterocycles. The quantitative estimate of drug-likeness (QED) is 0.705. The van der Waals surface area contributed by atoms with Crippen molar-refractivity contribution in [2.45, 2.75) is 33.1 Å². The summed E-state index contributed by atoms with van der Waals surface area (Å²) in [6, 6.07) is 8.36. The molecule has 2 nitrogen and oxygen atoms in total. The zero-order chi connectivity index (χ0) is 16.0. The molecule has 0 radical (unpaired) electrons. The summed E-state index contributed by atoms with van der Waals surface area (Å²) < 4.78 is 5.41. The first-order chi connectivity index (χ1) is 9.69. The number of carbonyl (C=O) groups excluding carboxylic acids is 1. The maximum absolute atomic E-state index is 12.1. The molecule has 0 fully saturated rings. The van der Waals surface area contributed by atoms with Gasteiger partial charge in [-0.15, -0.1) is 0 Å². The summed E-state index contributed by atoms with van der Waals surface area (Å²) in [7, 11) is -0.605. The lowest BCUT2D eigenvalue weighted by molar-refractivity contribution is -0.144. The fraction of sp³-hybridized carbons (Fsp3) is 0.611. The van der Waals surface area contributed by atoms with Crippen LogP contribution in [0.3, 0.4) is 0 Å². The Kier molecular flexibility index (Phi) is 6.79. The van der Waals surface area contributed by atoms with Gasteiger partial charge in [0.15, 0.2) is 0 Å². The molecule has 0 amide bonds. The molecule has 120 valence electrons. The molecule has 0 N–H and O–H groups in total. The van der Waals surface area contributed by atoms with Crippen LogP contribution < -0.4 is 0 Å². The van der Waals surface area contributed by atoms with Crippen molar-refractivity contribution >= 4 is 16.0 Å². The van der Waals surface area contributed by atoms with Gasteiger partial charge in [-0.25, -0.2) is 10.0 Å². The second kappa shape index (κ2) is 7.88. The van der Waals surface area contributed by atoms with E-state index in [0.717, 1.165) is 17.7 Å². The highest BCUT2D eigenvalue weighted by molar-refractivity contribution is 8.32. The maximum atomic E-state index is 12.1. The minimum absolute atomic E-state index is 0.116. The van der Waals surface area contributed by atoms with Gasteiger partial charge < -0.3 is 4.74 Å². The van der Waals surface area contributed by atoms with Crippen LogP contribution in [0.2, 0.25) is 0 Å². The van der Waals surface area contributed by atoms with Gasteiger partial charge in [-0.3, -0.25) is 4.79 Å². The monoisotopic (exact) mass is 310 g/mol. The predicted octanol–water partition coefficient (Wildman–Crippen LogP) is 4.23. The highest BCUT2D eigenvalue weighted by atomic mass is 32.3. The topological polar surface area (TPSA) is 26.3 Å². The van der Waals surface area contributed by atoms with Crippen LogP contribution in [0.4, 0.5) is 0 Å². The first kappa shape index (κ1) is 18.1. The van der Waals surface area contributed by atoms with E-state index in [1.165, 1.54) is 5.56 Å². The summed E-state index contributed by atoms with van der Waals surface area (Å²) in [5, 5.41) is 0. The van der Waals surface area contributed by atoms with Gasteiger partial charge in [-0.05, 0) is 49.2 Å². The van der Waals surface area contributed by atoms with Crippen molar-refractivity contribution in [1.82, 2.24) is 0 Å². The predicted molar refractivity (Wildman–Crippen MR) is 94.6 cm³/mol. The molecule has 0 aromatic heterocycles. The van der Waals surface area contributed by atoms with Crippen molar-refractivity contribution in [2.24, 2.45) is 5.92 Å². The van der Waals surface area contributed by atoms with E-state index < -0.39 is 10.0 Å². The molecule has 0 saturated carbocycles. The lowest BCUT2D eigenvalue weighted by Gasteiger charge is -2.24. The van der Waals surface area contributed by atoms with Crippen LogP contribution in [0.5, 0.6) is 0 Å². The van der Waals surface area contributed by atoms with Crippen LogP contribution in [0.25, 0.3) is 0 Å². The summed E-state index contributed by atoms with van der Waals surface area (Å²) in [4.78, 5) is 12.1. The molecule has 3 heteroatoms. The van der Waals surface area contributed by atoms with Crippen LogP contribution >= 0.6 is 10.0 Å². The molecular weight excluding hydrogens is 280 g/mol. The van der Waals surface area contributed by atoms with E-state index in [1.807, 2.05) is 6.92 Å². The van der Waals surface area contributed by atoms with Gasteiger partial charge in [0.25, 0.3) is 0 Å². The fourth-order valence-electron chi connectivity index (χ4n) is 2.07. The van der Waals surface area contributed by atoms with Gasteiger partial charge in [0, 0.05) is 5.75 Å². The molecule has 1 atom stereocenters. The Morgan fingerprint density at radius 3 is 2.14 bits per heavy atom. The molecule has 0 heterocycles. The average Bonchev–Trinajstić information content (AvgIpc) is 2.36. The Balaban J connectivity index is 2.54. The highest BCUT2D eigenvalue weighted by Gasteiger charge is 2.17. The molecule has 0 aliphatic carbocycles. The summed E-state index contributed by atoms with van der Waals surface area (Å²) in [5.41, 5.74) is 2.36. The Labute approximate surface area is 131 Å². The molecule has 1 rings (SSSR count). The van der Waals surface area contributed by atoms with E-state index in [-0.39, 0.29) is 11.9 Å². The highest BCUT2D eigenvalue weighted by Crippen LogP contribution is 2.33. The van der Waals surface area contributed by atoms with Gasteiger partial charge in [0.1, 0.15) is 0 Å². The van der Waals surface area contributed by atoms with Gasteiger partial charge in [-0.1, -0.05) is 38.1 Å². The molecule has 0 bridgehead atoms. The van der Waals surface area contributed by atoms with Crippen LogP contribution in [-0.4, -0.2) is 37.1 Å². The zero-order valence-electron chi connectivity index (χ0n) is 14.3. The Hall–Kier alpha value is -0.960. The molecule has 1 unspecified atom stereocenters. The number of ether oxygens (including phenoxy) is 1. The lowest BCUT2D eigenvalue weighted by atomic mass is 9.97. The van der Waals surface area contributed by atoms with Gasteiger partial charge in [0.2, 0.25) is 0 Å². The third-order valence-electron chi connectivity index (χ3n) is 3.42. The largest absolute Gasteiger partial charge is 0.464 e. The minimum atomic E-state index is -0.605. The van der Waals surface area contributed by atoms with E-state index in [2.05, 4.69) is 56.9 Å². The molecule has 0 aliphatic rings. The van der Waals surface area contributed by atoms with Crippen molar-refractivity contribution in [3.63, 3.8) is 0 Å². The smallest absolute Gasteiger partial charge is 0.313 e. The van der Waals surface area contributed by atoms with Gasteiger partial charge >= 0.3 is 5.97 Å². The first-order valence-corrected chi connectivity index (χ1v) is 10.6. The van der Waals surface area contributed by atoms with Crippen LogP contribution in [0, 0.1) is 5.92 Å². The summed E-state index contributed by atoms with van der Waals surface area (Å²) in [6.45, 7) is 6.88. The second-order valence-electron chi connectivity index (χ2n) is 7.02. The number of carbonyl (C=O) groups is 1. The number of hydrogen-bond donors (Lipinski definition) is 0. The first-order valence-electron chi connectivity index (χ1n) is 7.60. The maximum Gasteiger partial charge on any atom is 0.313 e. The standard InChI is InChI=1S/C18H30O2S/c1-14(2)13-16-7-9-17(10-8-16)15(3)18(19)20-11-12-21(4,5)6/h7-10,14-15H,11-13H2,1-6H3. The number of hydrogen-bond acceptors (Lipinski definition) is 2. The van der Waals surface area contributed by atoms with E-state index in [4.69, 9.17) is 4.74 Å². The zero-order valence-corrected chi connectivity index (χ0v) is 15.1. The third kappa shape index (κ3) is 7.03. The lowest BCUT2D eigenvalue weighted by Crippen LogP contribution is -2.17. The van der Waals surface area contributed by atoms with E-state index in [0.29, 0.717) is 12.5 Å². The van der Waals surface area contributed by atoms with Crippen LogP contribution in [-0.2, 0) is 16.0 Å². The van der Waals surface area contributed by atoms with Crippen molar-refractivity contribution in [3.05, 3.63) is 35.4 Å². The molecule has 21 heavy (non-hydrogen) atoms. The summed E-state index contributed by atoms with van der Waals surface area (Å²) >= 11 is 0. The van der Waals surface area contributed by atoms with E-state index in [1.54, 1.807) is 0 Å². The molecule has 1 aromatic carbocycles. The Morgan fingerprint density at radius 2 is 1.67 bits per heavy atom. The Morgan fingerprint density at radius 1 is 1.10 bits per heavy atom. The van der Waals surface area contributed by atoms with Crippen LogP contribution in [0.15, 0.2) is 24.3 Å². The van der Waals surface area contributed by atoms with Crippen LogP contribution in [0.1, 0.15) is 37.8 Å². The van der Waals surface area contributed by atoms with Crippen molar-refractivity contribution in [1.29, 1.82) is 0 Å². The van der Waals surface area contributed by atoms with Gasteiger partial charge in [0.05, 0.1) is 12.5 Å². The second-order valence-corrected chi connectivity index (χ2v) is 11.6. The molecule has 0 spiro atoms. The van der Waals surface area contributed by atoms with E-state index >= 15 is 0 Å². The molecular formula is C18H30O2S. The van der Waals surface area contributed by atoms with Crippen molar-refractivity contribution in [2.75, 3.05) is 31.1 Å². The normalized spacial score (nSPS) is 14.0. The summed E-state index contributed by atoms with van der Waals surface area (Å²) in [5.74, 6) is 1.32. The van der Waals surface area contributed by atoms with Gasteiger partial charge in [-0.2, -0.15) is 0 Å². The minimum Gasteiger partial charge on any atom is -0.464 e. The number of esters is 1. The van der Waals surface area contributed by atoms with Crippen molar-refractivity contribution < 1.29 is 9.53 Å². The molecule has 0 saturated heterocycles. The Bertz CT molecular complexity index is 443. The van der Waals surface area contributed by atoms with Crippen molar-refractivity contribution in [3.8, 4) is 0 Å². The fourth-order valence-corrected chi connectivity index (χ4v) is 2.65. The third-order valence-corrected chi connectivity index (χ3v) is 4.81. The average molecular weight is 311 g/mol. The summed E-state index contributed by atoms with van der Waals surface area (Å²) in [6.07, 6.45) is 7.78. The SMILES string of the molecule is CC(C)Cc1ccc(C(C)C(=O)OCCS(C)(C)C)cc1. The van der Waals surface area contributed by atoms with E-state index in [9.17, 15) is 4.79 Å². The number of benzene rings is 1.